The highest BCUT2D eigenvalue weighted by Gasteiger charge is 2.57. The first kappa shape index (κ1) is 53.6. The van der Waals surface area contributed by atoms with E-state index in [0.29, 0.717) is 49.9 Å². The second kappa shape index (κ2) is 23.8. The summed E-state index contributed by atoms with van der Waals surface area (Å²) >= 11 is 0. The number of hydrogen-bond donors (Lipinski definition) is 2. The van der Waals surface area contributed by atoms with Crippen LogP contribution < -0.4 is 0 Å². The van der Waals surface area contributed by atoms with E-state index in [4.69, 9.17) is 28.4 Å². The Morgan fingerprint density at radius 2 is 1.62 bits per heavy atom. The van der Waals surface area contributed by atoms with Gasteiger partial charge in [-0.3, -0.25) is 14.4 Å². The summed E-state index contributed by atoms with van der Waals surface area (Å²) in [6.45, 7) is 12.8. The van der Waals surface area contributed by atoms with Gasteiger partial charge in [-0.05, 0) is 94.3 Å². The molecule has 0 spiro atoms. The van der Waals surface area contributed by atoms with Crippen LogP contribution in [0.2, 0.25) is 0 Å². The molecule has 13 nitrogen and oxygen atoms in total. The third-order valence-corrected chi connectivity index (χ3v) is 15.0. The normalized spacial score (nSPS) is 38.5. The summed E-state index contributed by atoms with van der Waals surface area (Å²) < 4.78 is 53.5. The summed E-state index contributed by atoms with van der Waals surface area (Å²) in [5.41, 5.74) is 1.25. The number of methoxy groups -OCH3 is 3. The maximum absolute atomic E-state index is 16.4. The van der Waals surface area contributed by atoms with Crippen LogP contribution in [-0.4, -0.2) is 133 Å². The van der Waals surface area contributed by atoms with Crippen LogP contribution in [0.3, 0.4) is 0 Å². The van der Waals surface area contributed by atoms with Gasteiger partial charge in [0.1, 0.15) is 30.2 Å². The highest BCUT2D eigenvalue weighted by molar-refractivity contribution is 6.39. The molecule has 5 rings (SSSR count). The highest BCUT2D eigenvalue weighted by atomic mass is 19.1. The molecule has 2 bridgehead atoms. The number of hydrogen-bond acceptors (Lipinski definition) is 12. The lowest BCUT2D eigenvalue weighted by atomic mass is 9.72. The lowest BCUT2D eigenvalue weighted by Gasteiger charge is -2.47. The average molecular weight is 928 g/mol. The van der Waals surface area contributed by atoms with Gasteiger partial charge in [-0.15, -0.1) is 0 Å². The molecule has 15 unspecified atom stereocenters. The fraction of sp³-hybridized carbons (Fsp3) is 0.731. The number of esters is 1. The molecule has 1 aliphatic carbocycles. The molecule has 3 fully saturated rings. The van der Waals surface area contributed by atoms with Crippen molar-refractivity contribution >= 4 is 23.4 Å². The summed E-state index contributed by atoms with van der Waals surface area (Å²) in [6, 6.07) is 9.02. The zero-order valence-electron chi connectivity index (χ0n) is 41.0. The number of Topliss-reactive ketones (excluding diaryl/α,β-unsaturated/α-hetero) is 2. The van der Waals surface area contributed by atoms with Gasteiger partial charge in [0.25, 0.3) is 11.7 Å². The van der Waals surface area contributed by atoms with Gasteiger partial charge in [-0.25, -0.2) is 9.18 Å². The minimum Gasteiger partial charge on any atom is -0.456 e. The lowest BCUT2D eigenvalue weighted by molar-refractivity contribution is -0.302. The molecule has 1 aromatic carbocycles. The minimum absolute atomic E-state index is 0.0426. The molecular weight excluding hydrogens is 850 g/mol. The number of ether oxygens (including phenoxy) is 6. The maximum Gasteiger partial charge on any atom is 0.329 e. The number of cyclic esters (lactones) is 1. The van der Waals surface area contributed by atoms with E-state index in [1.54, 1.807) is 40.9 Å². The van der Waals surface area contributed by atoms with E-state index in [1.165, 1.54) is 19.8 Å². The van der Waals surface area contributed by atoms with Gasteiger partial charge in [-0.2, -0.15) is 0 Å². The second-order valence-electron chi connectivity index (χ2n) is 19.6. The van der Waals surface area contributed by atoms with Gasteiger partial charge in [0.2, 0.25) is 5.79 Å². The second-order valence-corrected chi connectivity index (χ2v) is 19.6. The van der Waals surface area contributed by atoms with Gasteiger partial charge in [-0.1, -0.05) is 77.1 Å². The van der Waals surface area contributed by atoms with Crippen LogP contribution in [0.25, 0.3) is 0 Å². The number of nitrogens with zero attached hydrogens (tertiary/aromatic N) is 1. The Hall–Kier alpha value is -3.37. The van der Waals surface area contributed by atoms with Crippen LogP contribution in [-0.2, 0) is 47.6 Å². The van der Waals surface area contributed by atoms with E-state index < -0.39 is 95.5 Å². The van der Waals surface area contributed by atoms with Crippen molar-refractivity contribution < 1.29 is 62.2 Å². The van der Waals surface area contributed by atoms with Gasteiger partial charge in [0.05, 0.1) is 30.0 Å². The first-order chi connectivity index (χ1) is 31.4. The Morgan fingerprint density at radius 1 is 0.955 bits per heavy atom. The van der Waals surface area contributed by atoms with Crippen molar-refractivity contribution in [1.82, 2.24) is 4.90 Å². The average Bonchev–Trinajstić information content (AvgIpc) is 3.32. The number of allylic oxidation sites excluding steroid dienone is 2. The van der Waals surface area contributed by atoms with E-state index in [0.717, 1.165) is 17.7 Å². The van der Waals surface area contributed by atoms with Crippen molar-refractivity contribution in [2.24, 2.45) is 23.7 Å². The van der Waals surface area contributed by atoms with Gasteiger partial charge in [0, 0.05) is 71.0 Å². The van der Waals surface area contributed by atoms with E-state index in [-0.39, 0.29) is 50.0 Å². The first-order valence-corrected chi connectivity index (χ1v) is 24.3. The Morgan fingerprint density at radius 3 is 2.26 bits per heavy atom. The summed E-state index contributed by atoms with van der Waals surface area (Å²) in [4.78, 5) is 58.8. The quantitative estimate of drug-likeness (QED) is 0.136. The number of halogens is 1. The number of fused-ring (bicyclic) bond motifs is 3. The summed E-state index contributed by atoms with van der Waals surface area (Å²) in [5, 5.41) is 24.1. The predicted molar refractivity (Wildman–Crippen MR) is 247 cm³/mol. The fourth-order valence-electron chi connectivity index (χ4n) is 10.9. The Labute approximate surface area is 392 Å². The minimum atomic E-state index is -2.62. The van der Waals surface area contributed by atoms with Gasteiger partial charge in [0.15, 0.2) is 0 Å². The molecule has 2 saturated heterocycles. The summed E-state index contributed by atoms with van der Waals surface area (Å²) in [7, 11) is 4.59. The van der Waals surface area contributed by atoms with Crippen molar-refractivity contribution in [2.45, 2.75) is 185 Å². The van der Waals surface area contributed by atoms with Gasteiger partial charge < -0.3 is 43.5 Å². The molecule has 1 aromatic rings. The molecule has 15 atom stereocenters. The fourth-order valence-corrected chi connectivity index (χ4v) is 10.9. The molecule has 1 saturated carbocycles. The molecular formula is C52H78FNO12. The zero-order valence-corrected chi connectivity index (χ0v) is 41.0. The molecule has 3 heterocycles. The standard InChI is InChI=1S/C52H78FNO12/c1-11-24-64-51(22-21-38(44(30-51)63-10)37-18-14-13-15-19-37)29-33(5)46-35(7)40(55)28-41(56)36(12-2)25-31(3)45(53)32(4)26-42(61-8)47-43(62-9)27-34(6)52(60,66-47)48(57)49(58)54-23-17-16-20-39(54)50(59)65-46/h13-15,18-19,25,29,32,34-36,38-40,42-47,55,60H,11-12,16-17,20-24,26-28,30H2,1-10H3. The molecule has 2 N–H and O–H groups in total. The van der Waals surface area contributed by atoms with Crippen LogP contribution in [0.4, 0.5) is 4.39 Å². The van der Waals surface area contributed by atoms with Crippen molar-refractivity contribution in [3.05, 3.63) is 59.2 Å². The number of benzene rings is 1. The van der Waals surface area contributed by atoms with Crippen molar-refractivity contribution in [1.29, 1.82) is 0 Å². The Kier molecular flexibility index (Phi) is 19.3. The number of ketones is 2. The van der Waals surface area contributed by atoms with Crippen LogP contribution in [0.15, 0.2) is 53.6 Å². The first-order valence-electron chi connectivity index (χ1n) is 24.3. The summed E-state index contributed by atoms with van der Waals surface area (Å²) in [5.74, 6) is -9.04. The predicted octanol–water partition coefficient (Wildman–Crippen LogP) is 7.39. The number of carbonyl (C=O) groups is 4. The number of alkyl halides is 1. The SMILES string of the molecule is CCCOC1(C=C(C)C2OC(=O)C3CCCCN3C(=O)C(=O)C3(O)OC(C(OC)CC(C)C(F)C(C)=CC(CC)C(=O)CC(O)C2C)C(OC)CC3C)CCC(c2ccccc2)C(OC)C1. The molecule has 4 aliphatic rings. The van der Waals surface area contributed by atoms with Crippen LogP contribution in [0.1, 0.15) is 131 Å². The monoisotopic (exact) mass is 928 g/mol. The maximum atomic E-state index is 16.4. The van der Waals surface area contributed by atoms with Crippen molar-refractivity contribution in [3.63, 3.8) is 0 Å². The largest absolute Gasteiger partial charge is 0.456 e. The third-order valence-electron chi connectivity index (χ3n) is 15.0. The zero-order chi connectivity index (χ0) is 48.5. The number of rotatable bonds is 10. The summed E-state index contributed by atoms with van der Waals surface area (Å²) in [6.07, 6.45) is 1.00. The lowest BCUT2D eigenvalue weighted by Crippen LogP contribution is -2.64. The molecule has 66 heavy (non-hydrogen) atoms. The molecule has 0 radical (unpaired) electrons. The van der Waals surface area contributed by atoms with Crippen LogP contribution >= 0.6 is 0 Å². The number of piperidine rings is 1. The van der Waals surface area contributed by atoms with E-state index >= 15 is 4.39 Å². The van der Waals surface area contributed by atoms with Gasteiger partial charge >= 0.3 is 5.97 Å². The number of amides is 1. The third kappa shape index (κ3) is 12.1. The molecule has 14 heteroatoms. The number of aliphatic hydroxyl groups is 2. The van der Waals surface area contributed by atoms with E-state index in [2.05, 4.69) is 12.1 Å². The van der Waals surface area contributed by atoms with Crippen LogP contribution in [0, 0.1) is 23.7 Å². The van der Waals surface area contributed by atoms with E-state index in [1.807, 2.05) is 45.0 Å². The van der Waals surface area contributed by atoms with Crippen molar-refractivity contribution in [3.8, 4) is 0 Å². The van der Waals surface area contributed by atoms with E-state index in [9.17, 15) is 29.4 Å². The Balaban J connectivity index is 1.58. The smallest absolute Gasteiger partial charge is 0.329 e. The molecule has 0 aromatic heterocycles. The molecule has 3 aliphatic heterocycles. The molecule has 370 valence electrons. The number of carbonyl (C=O) groups excluding carboxylic acids is 4. The topological polar surface area (TPSA) is 167 Å². The molecule has 1 amide bonds. The van der Waals surface area contributed by atoms with Crippen molar-refractivity contribution in [2.75, 3.05) is 34.5 Å². The Bertz CT molecular complexity index is 1860. The highest BCUT2D eigenvalue weighted by Crippen LogP contribution is 2.44. The van der Waals surface area contributed by atoms with Crippen LogP contribution in [0.5, 0.6) is 0 Å². The number of aliphatic hydroxyl groups excluding tert-OH is 1.